The van der Waals surface area contributed by atoms with E-state index in [9.17, 15) is 9.59 Å². The van der Waals surface area contributed by atoms with Gasteiger partial charge in [0.1, 0.15) is 6.61 Å². The maximum Gasteiger partial charge on any atom is 0.308 e. The molecule has 0 aromatic carbocycles. The zero-order valence-corrected chi connectivity index (χ0v) is 14.2. The lowest BCUT2D eigenvalue weighted by Crippen LogP contribution is -2.31. The SMILES string of the molecule is CC(C)C(=O)OCc1ccnn1CCCN(C)C(=O)C(C)C. The summed E-state index contributed by atoms with van der Waals surface area (Å²) in [5.74, 6) is -0.186. The highest BCUT2D eigenvalue weighted by atomic mass is 16.5. The standard InChI is InChI=1S/C16H27N3O3/c1-12(2)15(20)18(5)9-6-10-19-14(7-8-17-19)11-22-16(21)13(3)4/h7-8,12-13H,6,9-11H2,1-5H3. The molecule has 6 heteroatoms. The van der Waals surface area contributed by atoms with E-state index in [1.165, 1.54) is 0 Å². The van der Waals surface area contributed by atoms with Crippen LogP contribution in [0.15, 0.2) is 12.3 Å². The van der Waals surface area contributed by atoms with Gasteiger partial charge in [-0.05, 0) is 12.5 Å². The van der Waals surface area contributed by atoms with Gasteiger partial charge in [0.15, 0.2) is 0 Å². The van der Waals surface area contributed by atoms with Crippen LogP contribution >= 0.6 is 0 Å². The average Bonchev–Trinajstić information content (AvgIpc) is 2.90. The van der Waals surface area contributed by atoms with E-state index in [0.29, 0.717) is 13.1 Å². The number of hydrogen-bond donors (Lipinski definition) is 0. The first-order chi connectivity index (χ1) is 10.3. The Bertz CT molecular complexity index is 495. The number of carbonyl (C=O) groups excluding carboxylic acids is 2. The van der Waals surface area contributed by atoms with Crippen LogP contribution in [0.3, 0.4) is 0 Å². The lowest BCUT2D eigenvalue weighted by molar-refractivity contribution is -0.148. The third-order valence-electron chi connectivity index (χ3n) is 3.37. The molecule has 0 spiro atoms. The number of amides is 1. The van der Waals surface area contributed by atoms with Crippen LogP contribution in [0.1, 0.15) is 39.8 Å². The largest absolute Gasteiger partial charge is 0.459 e. The van der Waals surface area contributed by atoms with E-state index < -0.39 is 0 Å². The van der Waals surface area contributed by atoms with Gasteiger partial charge in [-0.15, -0.1) is 0 Å². The molecule has 0 aliphatic heterocycles. The molecule has 22 heavy (non-hydrogen) atoms. The first-order valence-electron chi connectivity index (χ1n) is 7.75. The summed E-state index contributed by atoms with van der Waals surface area (Å²) < 4.78 is 7.04. The number of ether oxygens (including phenoxy) is 1. The van der Waals surface area contributed by atoms with Gasteiger partial charge in [0.05, 0.1) is 11.6 Å². The summed E-state index contributed by atoms with van der Waals surface area (Å²) in [5.41, 5.74) is 0.867. The first-order valence-corrected chi connectivity index (χ1v) is 7.75. The topological polar surface area (TPSA) is 64.4 Å². The van der Waals surface area contributed by atoms with Crippen molar-refractivity contribution in [3.8, 4) is 0 Å². The van der Waals surface area contributed by atoms with E-state index >= 15 is 0 Å². The maximum atomic E-state index is 11.8. The zero-order chi connectivity index (χ0) is 16.7. The summed E-state index contributed by atoms with van der Waals surface area (Å²) in [6.45, 7) is 9.01. The highest BCUT2D eigenvalue weighted by molar-refractivity contribution is 5.77. The van der Waals surface area contributed by atoms with E-state index in [2.05, 4.69) is 5.10 Å². The molecule has 0 fully saturated rings. The summed E-state index contributed by atoms with van der Waals surface area (Å²) in [4.78, 5) is 25.0. The Morgan fingerprint density at radius 1 is 1.27 bits per heavy atom. The van der Waals surface area contributed by atoms with Crippen molar-refractivity contribution in [1.82, 2.24) is 14.7 Å². The number of esters is 1. The molecular weight excluding hydrogens is 282 g/mol. The minimum absolute atomic E-state index is 0.0145. The van der Waals surface area contributed by atoms with E-state index in [0.717, 1.165) is 12.1 Å². The van der Waals surface area contributed by atoms with Gasteiger partial charge >= 0.3 is 5.97 Å². The molecule has 6 nitrogen and oxygen atoms in total. The fourth-order valence-corrected chi connectivity index (χ4v) is 2.00. The van der Waals surface area contributed by atoms with Crippen LogP contribution in [-0.4, -0.2) is 40.1 Å². The summed E-state index contributed by atoms with van der Waals surface area (Å²) >= 11 is 0. The Kier molecular flexibility index (Phi) is 7.08. The molecule has 0 saturated carbocycles. The Morgan fingerprint density at radius 2 is 1.95 bits per heavy atom. The minimum atomic E-state index is -0.213. The Balaban J connectivity index is 2.43. The lowest BCUT2D eigenvalue weighted by Gasteiger charge is -2.19. The van der Waals surface area contributed by atoms with Crippen LogP contribution in [-0.2, 0) is 27.5 Å². The number of carbonyl (C=O) groups is 2. The molecular formula is C16H27N3O3. The number of aromatic nitrogens is 2. The zero-order valence-electron chi connectivity index (χ0n) is 14.2. The third kappa shape index (κ3) is 5.50. The molecule has 1 aromatic rings. The average molecular weight is 309 g/mol. The van der Waals surface area contributed by atoms with Gasteiger partial charge in [-0.3, -0.25) is 14.3 Å². The van der Waals surface area contributed by atoms with E-state index in [-0.39, 0.29) is 30.3 Å². The molecule has 0 N–H and O–H groups in total. The second kappa shape index (κ2) is 8.56. The predicted octanol–water partition coefficient (Wildman–Crippen LogP) is 2.09. The Morgan fingerprint density at radius 3 is 2.55 bits per heavy atom. The van der Waals surface area contributed by atoms with Crippen molar-refractivity contribution in [2.45, 2.75) is 47.3 Å². The number of nitrogens with zero attached hydrogens (tertiary/aromatic N) is 3. The normalized spacial score (nSPS) is 11.0. The minimum Gasteiger partial charge on any atom is -0.459 e. The van der Waals surface area contributed by atoms with Crippen LogP contribution in [0.2, 0.25) is 0 Å². The van der Waals surface area contributed by atoms with Gasteiger partial charge in [-0.25, -0.2) is 0 Å². The lowest BCUT2D eigenvalue weighted by atomic mass is 10.2. The fourth-order valence-electron chi connectivity index (χ4n) is 2.00. The second-order valence-electron chi connectivity index (χ2n) is 6.08. The van der Waals surface area contributed by atoms with Gasteiger partial charge in [-0.2, -0.15) is 5.10 Å². The van der Waals surface area contributed by atoms with Gasteiger partial charge in [0.25, 0.3) is 0 Å². The molecule has 0 aliphatic rings. The van der Waals surface area contributed by atoms with E-state index in [1.807, 2.05) is 31.6 Å². The molecule has 0 unspecified atom stereocenters. The molecule has 0 aliphatic carbocycles. The molecule has 1 aromatic heterocycles. The molecule has 124 valence electrons. The van der Waals surface area contributed by atoms with Crippen molar-refractivity contribution in [2.75, 3.05) is 13.6 Å². The monoisotopic (exact) mass is 309 g/mol. The summed E-state index contributed by atoms with van der Waals surface area (Å²) in [6, 6.07) is 1.84. The van der Waals surface area contributed by atoms with Crippen molar-refractivity contribution in [1.29, 1.82) is 0 Å². The molecule has 0 atom stereocenters. The number of hydrogen-bond acceptors (Lipinski definition) is 4. The molecule has 1 heterocycles. The fraction of sp³-hybridized carbons (Fsp3) is 0.688. The molecule has 0 bridgehead atoms. The quantitative estimate of drug-likeness (QED) is 0.690. The highest BCUT2D eigenvalue weighted by Gasteiger charge is 2.13. The van der Waals surface area contributed by atoms with E-state index in [1.54, 1.807) is 24.9 Å². The van der Waals surface area contributed by atoms with Gasteiger partial charge < -0.3 is 9.64 Å². The Labute approximate surface area is 132 Å². The van der Waals surface area contributed by atoms with Crippen LogP contribution < -0.4 is 0 Å². The van der Waals surface area contributed by atoms with Gasteiger partial charge in [-0.1, -0.05) is 27.7 Å². The second-order valence-corrected chi connectivity index (χ2v) is 6.08. The van der Waals surface area contributed by atoms with Gasteiger partial charge in [0, 0.05) is 32.3 Å². The van der Waals surface area contributed by atoms with Crippen molar-refractivity contribution in [3.63, 3.8) is 0 Å². The molecule has 1 amide bonds. The van der Waals surface area contributed by atoms with Gasteiger partial charge in [0.2, 0.25) is 5.91 Å². The number of rotatable bonds is 8. The summed E-state index contributed by atoms with van der Waals surface area (Å²) in [7, 11) is 1.82. The van der Waals surface area contributed by atoms with Crippen LogP contribution in [0.4, 0.5) is 0 Å². The number of aryl methyl sites for hydroxylation is 1. The summed E-state index contributed by atoms with van der Waals surface area (Å²) in [5, 5.41) is 4.24. The third-order valence-corrected chi connectivity index (χ3v) is 3.37. The predicted molar refractivity (Wildman–Crippen MR) is 84.0 cm³/mol. The molecule has 0 radical (unpaired) electrons. The van der Waals surface area contributed by atoms with Crippen molar-refractivity contribution >= 4 is 11.9 Å². The van der Waals surface area contributed by atoms with Crippen LogP contribution in [0, 0.1) is 11.8 Å². The first kappa shape index (κ1) is 18.2. The Hall–Kier alpha value is -1.85. The van der Waals surface area contributed by atoms with E-state index in [4.69, 9.17) is 4.74 Å². The van der Waals surface area contributed by atoms with Crippen molar-refractivity contribution in [2.24, 2.45) is 11.8 Å². The highest BCUT2D eigenvalue weighted by Crippen LogP contribution is 2.06. The summed E-state index contributed by atoms with van der Waals surface area (Å²) in [6.07, 6.45) is 2.50. The molecule has 1 rings (SSSR count). The van der Waals surface area contributed by atoms with Crippen LogP contribution in [0.25, 0.3) is 0 Å². The van der Waals surface area contributed by atoms with Crippen molar-refractivity contribution in [3.05, 3.63) is 18.0 Å². The molecule has 0 saturated heterocycles. The van der Waals surface area contributed by atoms with Crippen molar-refractivity contribution < 1.29 is 14.3 Å². The maximum absolute atomic E-state index is 11.8. The van der Waals surface area contributed by atoms with Crippen LogP contribution in [0.5, 0.6) is 0 Å². The smallest absolute Gasteiger partial charge is 0.308 e.